The van der Waals surface area contributed by atoms with Gasteiger partial charge in [-0.1, -0.05) is 91.0 Å². The number of pyridine rings is 3. The number of hydrogen-bond donors (Lipinski definition) is 0. The molecule has 0 fully saturated rings. The second-order valence-electron chi connectivity index (χ2n) is 17.3. The van der Waals surface area contributed by atoms with Gasteiger partial charge in [0.1, 0.15) is 5.75 Å². The fourth-order valence-corrected chi connectivity index (χ4v) is 10.6. The molecule has 10 nitrogen and oxygen atoms in total. The van der Waals surface area contributed by atoms with Crippen molar-refractivity contribution in [1.82, 2.24) is 34.9 Å². The number of ether oxygens (including phenoxy) is 2. The van der Waals surface area contributed by atoms with Crippen LogP contribution in [0, 0.1) is 0 Å². The van der Waals surface area contributed by atoms with Gasteiger partial charge in [-0.25, -0.2) is 24.9 Å². The van der Waals surface area contributed by atoms with E-state index < -0.39 is 5.41 Å². The van der Waals surface area contributed by atoms with Gasteiger partial charge < -0.3 is 14.4 Å². The van der Waals surface area contributed by atoms with Crippen LogP contribution in [0.1, 0.15) is 22.3 Å². The normalized spacial score (nSPS) is 14.5. The molecule has 328 valence electrons. The van der Waals surface area contributed by atoms with Gasteiger partial charge in [0.05, 0.1) is 39.6 Å². The molecule has 1 atom stereocenters. The maximum absolute atomic E-state index is 7.13. The lowest BCUT2D eigenvalue weighted by molar-refractivity contribution is 0.391. The predicted octanol–water partition coefficient (Wildman–Crippen LogP) is 13.8. The highest BCUT2D eigenvalue weighted by molar-refractivity contribution is 5.96. The molecule has 2 aliphatic heterocycles. The molecule has 1 spiro atoms. The number of benzene rings is 6. The van der Waals surface area contributed by atoms with E-state index in [2.05, 4.69) is 139 Å². The van der Waals surface area contributed by atoms with Crippen LogP contribution in [0.15, 0.2) is 219 Å². The first-order valence-corrected chi connectivity index (χ1v) is 23.0. The topological polar surface area (TPSA) is 112 Å². The summed E-state index contributed by atoms with van der Waals surface area (Å²) in [6.07, 6.45) is 12.5. The monoisotopic (exact) mass is 900 g/mol. The van der Waals surface area contributed by atoms with Crippen LogP contribution >= 0.6 is 0 Å². The molecule has 70 heavy (non-hydrogen) atoms. The van der Waals surface area contributed by atoms with Gasteiger partial charge in [0.2, 0.25) is 0 Å². The third-order valence-electron chi connectivity index (χ3n) is 13.5. The van der Waals surface area contributed by atoms with Crippen LogP contribution in [0.25, 0.3) is 67.7 Å². The summed E-state index contributed by atoms with van der Waals surface area (Å²) in [5, 5.41) is 0. The summed E-state index contributed by atoms with van der Waals surface area (Å²) in [6.45, 7) is 0. The van der Waals surface area contributed by atoms with Gasteiger partial charge in [-0.15, -0.1) is 0 Å². The molecule has 0 saturated carbocycles. The summed E-state index contributed by atoms with van der Waals surface area (Å²) in [6, 6.07) is 60.2. The van der Waals surface area contributed by atoms with Crippen molar-refractivity contribution >= 4 is 17.1 Å². The zero-order chi connectivity index (χ0) is 46.2. The molecule has 10 heteroatoms. The molecule has 3 aliphatic rings. The van der Waals surface area contributed by atoms with Crippen molar-refractivity contribution in [2.45, 2.75) is 5.41 Å². The van der Waals surface area contributed by atoms with Gasteiger partial charge in [0, 0.05) is 76.8 Å². The highest BCUT2D eigenvalue weighted by atomic mass is 16.5. The van der Waals surface area contributed by atoms with Crippen molar-refractivity contribution in [3.05, 3.63) is 242 Å². The Morgan fingerprint density at radius 3 is 1.71 bits per heavy atom. The minimum atomic E-state index is -0.863. The van der Waals surface area contributed by atoms with Gasteiger partial charge in [0.25, 0.3) is 0 Å². The molecule has 7 heterocycles. The van der Waals surface area contributed by atoms with Gasteiger partial charge in [-0.2, -0.15) is 0 Å². The van der Waals surface area contributed by atoms with Gasteiger partial charge in [-0.05, 0) is 113 Å². The van der Waals surface area contributed by atoms with E-state index in [1.165, 1.54) is 0 Å². The third-order valence-corrected chi connectivity index (χ3v) is 13.5. The van der Waals surface area contributed by atoms with Crippen molar-refractivity contribution < 1.29 is 9.47 Å². The minimum Gasteiger partial charge on any atom is -0.453 e. The molecule has 6 aromatic carbocycles. The maximum atomic E-state index is 7.13. The predicted molar refractivity (Wildman–Crippen MR) is 270 cm³/mol. The fraction of sp³-hybridized carbons (Fsp3) is 0.0167. The highest BCUT2D eigenvalue weighted by Crippen LogP contribution is 2.66. The quantitative estimate of drug-likeness (QED) is 0.160. The van der Waals surface area contributed by atoms with E-state index in [1.807, 2.05) is 85.3 Å². The molecule has 1 aliphatic carbocycles. The smallest absolute Gasteiger partial charge is 0.194 e. The summed E-state index contributed by atoms with van der Waals surface area (Å²) < 4.78 is 14.2. The Kier molecular flexibility index (Phi) is 8.87. The van der Waals surface area contributed by atoms with Crippen molar-refractivity contribution in [3.63, 3.8) is 0 Å². The molecule has 0 radical (unpaired) electrons. The second kappa shape index (κ2) is 15.7. The third kappa shape index (κ3) is 5.96. The number of fused-ring (bicyclic) bond motifs is 12. The van der Waals surface area contributed by atoms with E-state index in [9.17, 15) is 0 Å². The number of nitrogens with zero attached hydrogens (tertiary/aromatic N) is 8. The van der Waals surface area contributed by atoms with Crippen molar-refractivity contribution in [2.24, 2.45) is 0 Å². The first-order valence-electron chi connectivity index (χ1n) is 23.0. The van der Waals surface area contributed by atoms with E-state index in [-0.39, 0.29) is 0 Å². The largest absolute Gasteiger partial charge is 0.453 e. The van der Waals surface area contributed by atoms with Crippen LogP contribution in [0.4, 0.5) is 17.1 Å². The van der Waals surface area contributed by atoms with Gasteiger partial charge in [0.15, 0.2) is 28.9 Å². The number of hydrogen-bond acceptors (Lipinski definition) is 10. The standard InChI is InChI=1S/C60H36N8O2/c1-2-14-43(41(12-1)38-34-39(58-63-28-10-29-64-58)36-40(35-38)59-65-30-11-31-66-59)48-23-21-46-55(67-48)54-45(16-9-27-62-54)60(46)44-15-4-7-19-52(44)69-56-47(60)22-24-51-57(56)70-53-20-8-6-18-50(53)68(51)49-17-5-3-13-42(49)37-25-32-61-33-26-37/h1-36H. The second-order valence-corrected chi connectivity index (χ2v) is 17.3. The lowest BCUT2D eigenvalue weighted by atomic mass is 9.66. The molecular weight excluding hydrogens is 865 g/mol. The zero-order valence-electron chi connectivity index (χ0n) is 37.2. The van der Waals surface area contributed by atoms with E-state index in [1.54, 1.807) is 24.8 Å². The molecule has 0 amide bonds. The van der Waals surface area contributed by atoms with E-state index >= 15 is 0 Å². The van der Waals surface area contributed by atoms with Crippen LogP contribution in [-0.4, -0.2) is 34.9 Å². The number of aromatic nitrogens is 7. The maximum Gasteiger partial charge on any atom is 0.194 e. The summed E-state index contributed by atoms with van der Waals surface area (Å²) in [4.78, 5) is 35.8. The fourth-order valence-electron chi connectivity index (χ4n) is 10.6. The summed E-state index contributed by atoms with van der Waals surface area (Å²) in [7, 11) is 0. The van der Waals surface area contributed by atoms with Gasteiger partial charge >= 0.3 is 0 Å². The summed E-state index contributed by atoms with van der Waals surface area (Å²) in [5.74, 6) is 3.92. The number of para-hydroxylation sites is 4. The first kappa shape index (κ1) is 39.5. The van der Waals surface area contributed by atoms with Gasteiger partial charge in [-0.3, -0.25) is 9.97 Å². The Morgan fingerprint density at radius 1 is 0.357 bits per heavy atom. The zero-order valence-corrected chi connectivity index (χ0v) is 37.2. The van der Waals surface area contributed by atoms with Crippen LogP contribution in [0.2, 0.25) is 0 Å². The Labute approximate surface area is 402 Å². The molecule has 0 saturated heterocycles. The van der Waals surface area contributed by atoms with Crippen LogP contribution in [0.5, 0.6) is 23.0 Å². The number of rotatable bonds is 6. The Bertz CT molecular complexity index is 3810. The summed E-state index contributed by atoms with van der Waals surface area (Å²) in [5.41, 5.74) is 15.0. The molecule has 11 aromatic rings. The lowest BCUT2D eigenvalue weighted by Crippen LogP contribution is -2.33. The van der Waals surface area contributed by atoms with Crippen molar-refractivity contribution in [1.29, 1.82) is 0 Å². The average molecular weight is 901 g/mol. The van der Waals surface area contributed by atoms with Crippen LogP contribution < -0.4 is 14.4 Å². The Morgan fingerprint density at radius 2 is 0.943 bits per heavy atom. The van der Waals surface area contributed by atoms with E-state index in [0.29, 0.717) is 28.9 Å². The molecule has 14 rings (SSSR count). The van der Waals surface area contributed by atoms with Crippen molar-refractivity contribution in [2.75, 3.05) is 4.90 Å². The molecule has 1 unspecified atom stereocenters. The first-order chi connectivity index (χ1) is 34.7. The Hall–Kier alpha value is -9.67. The Balaban J connectivity index is 0.966. The van der Waals surface area contributed by atoms with E-state index in [4.69, 9.17) is 19.4 Å². The lowest BCUT2D eigenvalue weighted by Gasteiger charge is -2.41. The van der Waals surface area contributed by atoms with Crippen molar-refractivity contribution in [3.8, 4) is 90.7 Å². The number of anilines is 3. The molecule has 0 N–H and O–H groups in total. The highest BCUT2D eigenvalue weighted by Gasteiger charge is 2.54. The molecular formula is C60H36N8O2. The SMILES string of the molecule is c1cnc(-c2cc(-c3ncccn3)cc(-c3ccccc3-c3ccc4c(n3)-c3ncccc3C43c4ccccc4Oc4c3ccc3c4Oc4ccccc4N3c3ccccc3-c3ccncc3)c2)nc1. The minimum absolute atomic E-state index is 0.609. The van der Waals surface area contributed by atoms with Crippen LogP contribution in [0.3, 0.4) is 0 Å². The molecule has 0 bridgehead atoms. The average Bonchev–Trinajstić information content (AvgIpc) is 3.73. The van der Waals surface area contributed by atoms with E-state index in [0.717, 1.165) is 101 Å². The summed E-state index contributed by atoms with van der Waals surface area (Å²) >= 11 is 0. The molecule has 5 aromatic heterocycles. The van der Waals surface area contributed by atoms with Crippen LogP contribution in [-0.2, 0) is 5.41 Å².